The first-order valence-corrected chi connectivity index (χ1v) is 17.8. The molecule has 7 aromatic carbocycles. The van der Waals surface area contributed by atoms with Crippen molar-refractivity contribution in [3.05, 3.63) is 152 Å². The molecule has 11 rings (SSSR count). The van der Waals surface area contributed by atoms with Gasteiger partial charge in [-0.25, -0.2) is 0 Å². The van der Waals surface area contributed by atoms with Gasteiger partial charge < -0.3 is 9.13 Å². The van der Waals surface area contributed by atoms with E-state index in [-0.39, 0.29) is 0 Å². The molecule has 2 aliphatic rings. The first kappa shape index (κ1) is 26.0. The Morgan fingerprint density at radius 3 is 1.68 bits per heavy atom. The van der Waals surface area contributed by atoms with Crippen LogP contribution in [0.2, 0.25) is 0 Å². The largest absolute Gasteiger partial charge is 0.318 e. The summed E-state index contributed by atoms with van der Waals surface area (Å²) in [7, 11) is 0. The van der Waals surface area contributed by atoms with Crippen molar-refractivity contribution in [3.8, 4) is 33.6 Å². The fraction of sp³-hybridized carbons (Fsp3) is 0. The van der Waals surface area contributed by atoms with Crippen molar-refractivity contribution < 1.29 is 0 Å². The lowest BCUT2D eigenvalue weighted by molar-refractivity contribution is 1.17. The number of para-hydroxylation sites is 3. The smallest absolute Gasteiger partial charge is 0.309 e. The van der Waals surface area contributed by atoms with Gasteiger partial charge in [-0.1, -0.05) is 97.1 Å². The minimum atomic E-state index is 0.332. The maximum atomic E-state index is 2.51. The maximum absolute atomic E-state index is 2.51. The Morgan fingerprint density at radius 2 is 0.979 bits per heavy atom. The molecule has 5 heteroatoms. The highest BCUT2D eigenvalue weighted by atomic mass is 32.2. The number of aromatic nitrogens is 2. The standard InChI is InChI=1S/C42H25BN2S2/c1-2-12-26(13-3-1)45-35-18-8-4-14-28(35)31-22-23-37-40(42(31)45)32-17-5-9-19-36(32)44(37)27-24-33-29-15-6-10-20-38(29)46-43-41(33)34(25-27)30-16-7-11-21-39(30)47-43/h1-25H. The summed E-state index contributed by atoms with van der Waals surface area (Å²) in [5.41, 5.74) is 14.1. The third-order valence-electron chi connectivity index (χ3n) is 9.97. The molecule has 2 aromatic heterocycles. The number of nitrogens with zero attached hydrogens (tertiary/aromatic N) is 2. The molecule has 218 valence electrons. The number of hydrogen-bond acceptors (Lipinski definition) is 2. The van der Waals surface area contributed by atoms with Crippen LogP contribution in [0.1, 0.15) is 0 Å². The monoisotopic (exact) mass is 632 g/mol. The van der Waals surface area contributed by atoms with E-state index >= 15 is 0 Å². The highest BCUT2D eigenvalue weighted by molar-refractivity contribution is 8.56. The van der Waals surface area contributed by atoms with Gasteiger partial charge in [0, 0.05) is 42.7 Å². The van der Waals surface area contributed by atoms with E-state index < -0.39 is 0 Å². The third kappa shape index (κ3) is 3.56. The lowest BCUT2D eigenvalue weighted by Crippen LogP contribution is -2.33. The van der Waals surface area contributed by atoms with Crippen molar-refractivity contribution in [2.75, 3.05) is 0 Å². The number of rotatable bonds is 2. The van der Waals surface area contributed by atoms with E-state index in [4.69, 9.17) is 0 Å². The molecule has 0 N–H and O–H groups in total. The zero-order chi connectivity index (χ0) is 30.6. The highest BCUT2D eigenvalue weighted by Gasteiger charge is 2.37. The molecule has 0 bridgehead atoms. The highest BCUT2D eigenvalue weighted by Crippen LogP contribution is 2.50. The van der Waals surface area contributed by atoms with Crippen LogP contribution < -0.4 is 5.46 Å². The van der Waals surface area contributed by atoms with Gasteiger partial charge in [0.25, 0.3) is 0 Å². The molecule has 0 aliphatic carbocycles. The molecule has 0 amide bonds. The summed E-state index contributed by atoms with van der Waals surface area (Å²) in [6.07, 6.45) is 0. The van der Waals surface area contributed by atoms with Crippen LogP contribution in [-0.4, -0.2) is 14.4 Å². The SMILES string of the molecule is c1ccc(-n2c3ccccc3c3ccc4c(c5ccccc5n4-c4cc5c6c(c4)-c4ccccc4SB6Sc4ccccc4-5)c32)cc1. The number of hydrogen-bond donors (Lipinski definition) is 0. The average Bonchev–Trinajstić information content (AvgIpc) is 3.65. The molecule has 0 saturated carbocycles. The summed E-state index contributed by atoms with van der Waals surface area (Å²) in [5.74, 6) is 0. The molecule has 0 fully saturated rings. The zero-order valence-corrected chi connectivity index (χ0v) is 26.9. The van der Waals surface area contributed by atoms with Gasteiger partial charge in [-0.3, -0.25) is 0 Å². The van der Waals surface area contributed by atoms with Crippen LogP contribution in [0.25, 0.3) is 77.2 Å². The molecular weight excluding hydrogens is 607 g/mol. The van der Waals surface area contributed by atoms with E-state index in [0.717, 1.165) is 0 Å². The normalized spacial score (nSPS) is 13.3. The first-order valence-electron chi connectivity index (χ1n) is 16.0. The van der Waals surface area contributed by atoms with Gasteiger partial charge in [0.1, 0.15) is 0 Å². The fourth-order valence-electron chi connectivity index (χ4n) is 8.06. The van der Waals surface area contributed by atoms with Crippen molar-refractivity contribution in [3.63, 3.8) is 0 Å². The Kier molecular flexibility index (Phi) is 5.38. The summed E-state index contributed by atoms with van der Waals surface area (Å²) in [6.45, 7) is 0. The van der Waals surface area contributed by atoms with Crippen LogP contribution >= 0.6 is 23.2 Å². The molecule has 0 radical (unpaired) electrons. The molecule has 47 heavy (non-hydrogen) atoms. The Hall–Kier alpha value is -5.10. The summed E-state index contributed by atoms with van der Waals surface area (Å²) >= 11 is 3.99. The molecular formula is C42H25BN2S2. The van der Waals surface area contributed by atoms with Gasteiger partial charge in [-0.15, -0.1) is 0 Å². The van der Waals surface area contributed by atoms with E-state index in [2.05, 4.69) is 161 Å². The molecule has 4 heterocycles. The van der Waals surface area contributed by atoms with Gasteiger partial charge in [0.2, 0.25) is 0 Å². The van der Waals surface area contributed by atoms with Crippen LogP contribution in [0, 0.1) is 0 Å². The Bertz CT molecular complexity index is 2690. The van der Waals surface area contributed by atoms with Gasteiger partial charge in [0.05, 0.1) is 22.1 Å². The topological polar surface area (TPSA) is 9.86 Å². The van der Waals surface area contributed by atoms with E-state index in [1.54, 1.807) is 0 Å². The van der Waals surface area contributed by atoms with Gasteiger partial charge >= 0.3 is 5.27 Å². The Labute approximate surface area is 280 Å². The van der Waals surface area contributed by atoms with Crippen molar-refractivity contribution in [2.45, 2.75) is 9.79 Å². The summed E-state index contributed by atoms with van der Waals surface area (Å²) in [6, 6.07) is 56.1. The van der Waals surface area contributed by atoms with Gasteiger partial charge in [-0.05, 0) is 82.3 Å². The van der Waals surface area contributed by atoms with Gasteiger partial charge in [0.15, 0.2) is 0 Å². The van der Waals surface area contributed by atoms with Crippen LogP contribution in [0.4, 0.5) is 0 Å². The molecule has 2 aliphatic heterocycles. The molecule has 0 saturated heterocycles. The van der Waals surface area contributed by atoms with E-state index in [1.165, 1.54) is 92.5 Å². The van der Waals surface area contributed by atoms with Crippen molar-refractivity contribution >= 4 is 77.6 Å². The molecule has 0 spiro atoms. The predicted octanol–water partition coefficient (Wildman–Crippen LogP) is 11.1. The zero-order valence-electron chi connectivity index (χ0n) is 25.2. The predicted molar refractivity (Wildman–Crippen MR) is 203 cm³/mol. The summed E-state index contributed by atoms with van der Waals surface area (Å²) in [4.78, 5) is 2.72. The van der Waals surface area contributed by atoms with Crippen LogP contribution in [-0.2, 0) is 0 Å². The second-order valence-electron chi connectivity index (χ2n) is 12.4. The van der Waals surface area contributed by atoms with Crippen molar-refractivity contribution in [1.82, 2.24) is 9.13 Å². The number of fused-ring (bicyclic) bond motifs is 11. The summed E-state index contributed by atoms with van der Waals surface area (Å²) < 4.78 is 4.98. The van der Waals surface area contributed by atoms with Gasteiger partial charge in [-0.2, -0.15) is 23.2 Å². The molecule has 2 nitrogen and oxygen atoms in total. The third-order valence-corrected chi connectivity index (χ3v) is 12.7. The van der Waals surface area contributed by atoms with Crippen molar-refractivity contribution in [2.24, 2.45) is 0 Å². The van der Waals surface area contributed by atoms with E-state index in [1.807, 2.05) is 23.2 Å². The average molecular weight is 633 g/mol. The minimum Gasteiger partial charge on any atom is -0.309 e. The molecule has 0 atom stereocenters. The minimum absolute atomic E-state index is 0.332. The van der Waals surface area contributed by atoms with E-state index in [0.29, 0.717) is 5.27 Å². The molecule has 9 aromatic rings. The molecule has 0 unspecified atom stereocenters. The lowest BCUT2D eigenvalue weighted by atomic mass is 9.77. The van der Waals surface area contributed by atoms with Crippen LogP contribution in [0.5, 0.6) is 0 Å². The lowest BCUT2D eigenvalue weighted by Gasteiger charge is -2.32. The second-order valence-corrected chi connectivity index (χ2v) is 15.0. The maximum Gasteiger partial charge on any atom is 0.318 e. The van der Waals surface area contributed by atoms with Crippen LogP contribution in [0.15, 0.2) is 161 Å². The van der Waals surface area contributed by atoms with E-state index in [9.17, 15) is 0 Å². The quantitative estimate of drug-likeness (QED) is 0.176. The second kappa shape index (κ2) is 9.71. The Morgan fingerprint density at radius 1 is 0.404 bits per heavy atom. The first-order chi connectivity index (χ1) is 23.3. The van der Waals surface area contributed by atoms with Crippen molar-refractivity contribution in [1.29, 1.82) is 0 Å². The Balaban J connectivity index is 1.30. The van der Waals surface area contributed by atoms with Crippen LogP contribution in [0.3, 0.4) is 0 Å². The fourth-order valence-corrected chi connectivity index (χ4v) is 11.0. The number of benzene rings is 7. The summed E-state index contributed by atoms with van der Waals surface area (Å²) in [5, 5.41) is 5.44.